The third-order valence-corrected chi connectivity index (χ3v) is 0.302. The third-order valence-electron chi connectivity index (χ3n) is 0.302. The van der Waals surface area contributed by atoms with Gasteiger partial charge in [-0.25, -0.2) is 0 Å². The molecule has 0 aromatic carbocycles. The Bertz CT molecular complexity index is 119. The summed E-state index contributed by atoms with van der Waals surface area (Å²) < 4.78 is 0. The molecule has 0 rings (SSSR count). The summed E-state index contributed by atoms with van der Waals surface area (Å²) in [5.41, 5.74) is 0. The van der Waals surface area contributed by atoms with E-state index < -0.39 is 18.4 Å². The molecule has 0 aromatic rings. The molecule has 0 fully saturated rings. The first-order valence-corrected chi connectivity index (χ1v) is 3.06. The number of hydrogen-bond donors (Lipinski definition) is 2. The maximum absolute atomic E-state index is 9.43. The van der Waals surface area contributed by atoms with Crippen molar-refractivity contribution in [1.82, 2.24) is 0 Å². The Labute approximate surface area is 84.1 Å². The van der Waals surface area contributed by atoms with Crippen LogP contribution < -0.4 is 18.9 Å². The van der Waals surface area contributed by atoms with Gasteiger partial charge in [-0.05, 0) is 0 Å². The third kappa shape index (κ3) is 55.6. The molecule has 0 atom stereocenters. The molecule has 0 radical (unpaired) electrons. The van der Waals surface area contributed by atoms with Gasteiger partial charge >= 0.3 is 30.8 Å². The zero-order chi connectivity index (χ0) is 9.44. The van der Waals surface area contributed by atoms with Gasteiger partial charge in [-0.2, -0.15) is 20.8 Å². The van der Waals surface area contributed by atoms with Crippen LogP contribution in [0.4, 0.5) is 0 Å². The van der Waals surface area contributed by atoms with E-state index in [1.54, 1.807) is 0 Å². The SMILES string of the molecule is C[C-](C)C.O=C(O)CC(=O)O.[Li+]. The van der Waals surface area contributed by atoms with Crippen molar-refractivity contribution in [3.8, 4) is 0 Å². The van der Waals surface area contributed by atoms with Gasteiger partial charge in [-0.15, -0.1) is 0 Å². The number of carbonyl (C=O) groups is 2. The molecule has 0 amide bonds. The van der Waals surface area contributed by atoms with Crippen LogP contribution in [0.2, 0.25) is 0 Å². The molecule has 12 heavy (non-hydrogen) atoms. The van der Waals surface area contributed by atoms with Crippen LogP contribution in [0.25, 0.3) is 0 Å². The van der Waals surface area contributed by atoms with Crippen molar-refractivity contribution in [2.45, 2.75) is 27.2 Å². The van der Waals surface area contributed by atoms with Crippen LogP contribution in [0.1, 0.15) is 27.2 Å². The molecule has 0 spiro atoms. The van der Waals surface area contributed by atoms with E-state index in [2.05, 4.69) is 20.8 Å². The molecule has 0 saturated carbocycles. The predicted octanol–water partition coefficient (Wildman–Crippen LogP) is -1.83. The number of carboxylic acid groups (broad SMARTS) is 2. The average molecular weight is 168 g/mol. The van der Waals surface area contributed by atoms with Crippen LogP contribution in [-0.2, 0) is 9.59 Å². The Balaban J connectivity index is -0.000000142. The summed E-state index contributed by atoms with van der Waals surface area (Å²) in [5.74, 6) is -1.21. The summed E-state index contributed by atoms with van der Waals surface area (Å²) >= 11 is 0. The fraction of sp³-hybridized carbons (Fsp3) is 0.571. The van der Waals surface area contributed by atoms with Crippen LogP contribution >= 0.6 is 0 Å². The second-order valence-electron chi connectivity index (χ2n) is 2.46. The van der Waals surface area contributed by atoms with Crippen molar-refractivity contribution in [2.75, 3.05) is 0 Å². The summed E-state index contributed by atoms with van der Waals surface area (Å²) in [6.07, 6.45) is -0.806. The van der Waals surface area contributed by atoms with Gasteiger partial charge < -0.3 is 16.1 Å². The van der Waals surface area contributed by atoms with E-state index in [-0.39, 0.29) is 18.9 Å². The average Bonchev–Trinajstić information content (AvgIpc) is 1.56. The van der Waals surface area contributed by atoms with E-state index >= 15 is 0 Å². The first kappa shape index (κ1) is 17.6. The smallest absolute Gasteiger partial charge is 0.481 e. The van der Waals surface area contributed by atoms with E-state index in [9.17, 15) is 9.59 Å². The number of carboxylic acids is 2. The fourth-order valence-corrected chi connectivity index (χ4v) is 0.129. The summed E-state index contributed by atoms with van der Waals surface area (Å²) in [7, 11) is 0. The number of rotatable bonds is 2. The quantitative estimate of drug-likeness (QED) is 0.289. The molecule has 0 bridgehead atoms. The van der Waals surface area contributed by atoms with E-state index in [1.807, 2.05) is 0 Å². The van der Waals surface area contributed by atoms with Gasteiger partial charge in [-0.3, -0.25) is 9.59 Å². The van der Waals surface area contributed by atoms with Crippen molar-refractivity contribution in [1.29, 1.82) is 0 Å². The van der Waals surface area contributed by atoms with Crippen molar-refractivity contribution < 1.29 is 38.7 Å². The van der Waals surface area contributed by atoms with Crippen LogP contribution in [0, 0.1) is 5.92 Å². The Morgan fingerprint density at radius 1 is 1.08 bits per heavy atom. The molecular formula is C7H13LiO4. The molecule has 5 heteroatoms. The van der Waals surface area contributed by atoms with Gasteiger partial charge in [0.15, 0.2) is 0 Å². The second-order valence-corrected chi connectivity index (χ2v) is 2.46. The molecule has 0 saturated heterocycles. The zero-order valence-electron chi connectivity index (χ0n) is 7.92. The van der Waals surface area contributed by atoms with E-state index in [0.717, 1.165) is 0 Å². The number of aliphatic carboxylic acids is 2. The van der Waals surface area contributed by atoms with E-state index in [4.69, 9.17) is 10.2 Å². The fourth-order valence-electron chi connectivity index (χ4n) is 0.129. The predicted molar refractivity (Wildman–Crippen MR) is 40.2 cm³/mol. The molecule has 66 valence electrons. The Morgan fingerprint density at radius 3 is 1.25 bits per heavy atom. The monoisotopic (exact) mass is 168 g/mol. The van der Waals surface area contributed by atoms with Crippen molar-refractivity contribution >= 4 is 11.9 Å². The van der Waals surface area contributed by atoms with Gasteiger partial charge in [0.2, 0.25) is 0 Å². The maximum atomic E-state index is 9.43. The minimum Gasteiger partial charge on any atom is -0.481 e. The van der Waals surface area contributed by atoms with Gasteiger partial charge in [0.1, 0.15) is 6.42 Å². The Hall–Kier alpha value is -0.463. The largest absolute Gasteiger partial charge is 1.00 e. The molecule has 0 heterocycles. The normalized spacial score (nSPS) is 7.67. The van der Waals surface area contributed by atoms with Crippen LogP contribution in [0.3, 0.4) is 0 Å². The minimum atomic E-state index is -1.31. The van der Waals surface area contributed by atoms with Crippen LogP contribution in [-0.4, -0.2) is 22.2 Å². The van der Waals surface area contributed by atoms with Gasteiger partial charge in [0.25, 0.3) is 0 Å². The summed E-state index contributed by atoms with van der Waals surface area (Å²) in [5, 5.41) is 15.4. The second kappa shape index (κ2) is 10.5. The topological polar surface area (TPSA) is 74.6 Å². The molecular weight excluding hydrogens is 155 g/mol. The van der Waals surface area contributed by atoms with Crippen LogP contribution in [0.15, 0.2) is 0 Å². The van der Waals surface area contributed by atoms with Crippen molar-refractivity contribution in [3.63, 3.8) is 0 Å². The van der Waals surface area contributed by atoms with E-state index in [1.165, 1.54) is 5.92 Å². The molecule has 0 aromatic heterocycles. The molecule has 0 aliphatic carbocycles. The van der Waals surface area contributed by atoms with Gasteiger partial charge in [0, 0.05) is 0 Å². The van der Waals surface area contributed by atoms with Crippen LogP contribution in [0.5, 0.6) is 0 Å². The van der Waals surface area contributed by atoms with E-state index in [0.29, 0.717) is 0 Å². The van der Waals surface area contributed by atoms with Gasteiger partial charge in [-0.1, -0.05) is 0 Å². The summed E-state index contributed by atoms with van der Waals surface area (Å²) in [6, 6.07) is 0. The summed E-state index contributed by atoms with van der Waals surface area (Å²) in [6.45, 7) is 6.25. The number of hydrogen-bond acceptors (Lipinski definition) is 2. The molecule has 4 nitrogen and oxygen atoms in total. The standard InChI is InChI=1S/C4H9.C3H4O4.Li/c1-4(2)3;4-2(5)1-3(6)7;/h1-3H3;1H2,(H,4,5)(H,6,7);/q-1;;+1. The maximum Gasteiger partial charge on any atom is 1.00 e. The Morgan fingerprint density at radius 2 is 1.25 bits per heavy atom. The Kier molecular flexibility index (Phi) is 15.4. The van der Waals surface area contributed by atoms with Crippen molar-refractivity contribution in [3.05, 3.63) is 5.92 Å². The van der Waals surface area contributed by atoms with Gasteiger partial charge in [0.05, 0.1) is 0 Å². The molecule has 2 N–H and O–H groups in total. The first-order valence-electron chi connectivity index (χ1n) is 3.06. The summed E-state index contributed by atoms with van der Waals surface area (Å²) in [4.78, 5) is 18.9. The molecule has 0 aliphatic rings. The zero-order valence-corrected chi connectivity index (χ0v) is 7.92. The first-order chi connectivity index (χ1) is 4.86. The van der Waals surface area contributed by atoms with Crippen molar-refractivity contribution in [2.24, 2.45) is 0 Å². The molecule has 0 unspecified atom stereocenters. The molecule has 0 aliphatic heterocycles. The minimum absolute atomic E-state index is 0.